The molecule has 0 saturated heterocycles. The highest BCUT2D eigenvalue weighted by Crippen LogP contribution is 2.29. The van der Waals surface area contributed by atoms with Crippen LogP contribution >= 0.6 is 0 Å². The summed E-state index contributed by atoms with van der Waals surface area (Å²) in [5, 5.41) is 7.41. The van der Waals surface area contributed by atoms with Crippen molar-refractivity contribution in [2.75, 3.05) is 5.32 Å². The molecular weight excluding hydrogens is 320 g/mol. The number of fused-ring (bicyclic) bond motifs is 1. The summed E-state index contributed by atoms with van der Waals surface area (Å²) >= 11 is 0. The Kier molecular flexibility index (Phi) is 4.47. The number of carbonyl (C=O) groups excluding carboxylic acids is 2. The Labute approximate surface area is 144 Å². The monoisotopic (exact) mass is 338 g/mol. The quantitative estimate of drug-likeness (QED) is 0.743. The van der Waals surface area contributed by atoms with E-state index in [0.29, 0.717) is 12.1 Å². The molecule has 0 aliphatic heterocycles. The fraction of sp³-hybridized carbons (Fsp3) is 0.222. The van der Waals surface area contributed by atoms with E-state index in [1.54, 1.807) is 6.07 Å². The van der Waals surface area contributed by atoms with Crippen LogP contribution in [-0.4, -0.2) is 22.0 Å². The molecule has 0 unspecified atom stereocenters. The number of anilines is 1. The molecule has 0 spiro atoms. The Hall–Kier alpha value is -3.22. The summed E-state index contributed by atoms with van der Waals surface area (Å²) in [6.07, 6.45) is 0.294. The first-order valence-corrected chi connectivity index (χ1v) is 7.91. The number of nitrogens with one attached hydrogen (secondary N) is 1. The topological polar surface area (TPSA) is 111 Å². The van der Waals surface area contributed by atoms with Crippen molar-refractivity contribution in [3.63, 3.8) is 0 Å². The minimum atomic E-state index is -0.744. The van der Waals surface area contributed by atoms with Crippen molar-refractivity contribution in [1.29, 1.82) is 0 Å². The first kappa shape index (κ1) is 16.6. The van der Waals surface area contributed by atoms with Gasteiger partial charge in [-0.1, -0.05) is 43.3 Å². The molecule has 1 aromatic carbocycles. The molecule has 7 nitrogen and oxygen atoms in total. The Morgan fingerprint density at radius 2 is 1.96 bits per heavy atom. The first-order valence-electron chi connectivity index (χ1n) is 7.91. The van der Waals surface area contributed by atoms with Crippen LogP contribution in [0.5, 0.6) is 0 Å². The third-order valence-electron chi connectivity index (χ3n) is 3.63. The van der Waals surface area contributed by atoms with Crippen molar-refractivity contribution >= 4 is 28.6 Å². The van der Waals surface area contributed by atoms with Gasteiger partial charge >= 0.3 is 0 Å². The zero-order valence-corrected chi connectivity index (χ0v) is 13.9. The zero-order valence-electron chi connectivity index (χ0n) is 13.9. The molecule has 7 heteroatoms. The summed E-state index contributed by atoms with van der Waals surface area (Å²) in [4.78, 5) is 28.3. The van der Waals surface area contributed by atoms with Gasteiger partial charge in [-0.2, -0.15) is 0 Å². The molecule has 2 amide bonds. The number of para-hydroxylation sites is 1. The minimum Gasteiger partial charge on any atom is -0.365 e. The molecule has 0 atom stereocenters. The number of carbonyl (C=O) groups is 2. The lowest BCUT2D eigenvalue weighted by Crippen LogP contribution is -2.18. The molecule has 128 valence electrons. The maximum atomic E-state index is 12.0. The molecule has 2 heterocycles. The maximum absolute atomic E-state index is 12.0. The van der Waals surface area contributed by atoms with Crippen LogP contribution in [0.3, 0.4) is 0 Å². The standard InChI is InChI=1S/C18H18N4O3/c1-10(2)9-14(23)21-18-15(17(19)24)16(22-25-18)13-8-7-11-5-3-4-6-12(11)20-13/h3-8,10H,9H2,1-2H3,(H2,19,24)(H,21,23). The highest BCUT2D eigenvalue weighted by Gasteiger charge is 2.24. The predicted octanol–water partition coefficient (Wildman–Crippen LogP) is 2.97. The van der Waals surface area contributed by atoms with Gasteiger partial charge in [0.15, 0.2) is 0 Å². The second kappa shape index (κ2) is 6.72. The normalized spacial score (nSPS) is 11.0. The first-order chi connectivity index (χ1) is 12.0. The molecule has 0 fully saturated rings. The molecule has 0 saturated carbocycles. The second-order valence-corrected chi connectivity index (χ2v) is 6.13. The van der Waals surface area contributed by atoms with E-state index in [-0.39, 0.29) is 29.0 Å². The number of rotatable bonds is 5. The van der Waals surface area contributed by atoms with Gasteiger partial charge in [0, 0.05) is 11.8 Å². The molecule has 25 heavy (non-hydrogen) atoms. The molecule has 3 rings (SSSR count). The average Bonchev–Trinajstić information content (AvgIpc) is 2.97. The van der Waals surface area contributed by atoms with Gasteiger partial charge in [0.25, 0.3) is 5.91 Å². The van der Waals surface area contributed by atoms with E-state index < -0.39 is 5.91 Å². The van der Waals surface area contributed by atoms with E-state index in [9.17, 15) is 9.59 Å². The third-order valence-corrected chi connectivity index (χ3v) is 3.63. The SMILES string of the molecule is CC(C)CC(=O)Nc1onc(-c2ccc3ccccc3n2)c1C(N)=O. The van der Waals surface area contributed by atoms with Crippen LogP contribution in [0.2, 0.25) is 0 Å². The van der Waals surface area contributed by atoms with Crippen LogP contribution in [0, 0.1) is 5.92 Å². The zero-order chi connectivity index (χ0) is 18.0. The molecule has 0 bridgehead atoms. The van der Waals surface area contributed by atoms with Gasteiger partial charge in [0.2, 0.25) is 11.8 Å². The van der Waals surface area contributed by atoms with Gasteiger partial charge < -0.3 is 10.3 Å². The lowest BCUT2D eigenvalue weighted by Gasteiger charge is -2.05. The summed E-state index contributed by atoms with van der Waals surface area (Å²) in [6.45, 7) is 3.83. The van der Waals surface area contributed by atoms with Crippen molar-refractivity contribution in [3.8, 4) is 11.4 Å². The molecule has 3 aromatic rings. The lowest BCUT2D eigenvalue weighted by molar-refractivity contribution is -0.117. The fourth-order valence-electron chi connectivity index (χ4n) is 2.53. The van der Waals surface area contributed by atoms with E-state index in [2.05, 4.69) is 15.5 Å². The summed E-state index contributed by atoms with van der Waals surface area (Å²) < 4.78 is 5.15. The van der Waals surface area contributed by atoms with Crippen molar-refractivity contribution in [1.82, 2.24) is 10.1 Å². The van der Waals surface area contributed by atoms with Crippen LogP contribution in [0.15, 0.2) is 40.9 Å². The lowest BCUT2D eigenvalue weighted by atomic mass is 10.1. The number of primary amides is 1. The van der Waals surface area contributed by atoms with Crippen LogP contribution < -0.4 is 11.1 Å². The predicted molar refractivity (Wildman–Crippen MR) is 93.8 cm³/mol. The number of pyridine rings is 1. The summed E-state index contributed by atoms with van der Waals surface area (Å²) in [5.41, 5.74) is 6.89. The van der Waals surface area contributed by atoms with Crippen molar-refractivity contribution < 1.29 is 14.1 Å². The van der Waals surface area contributed by atoms with Crippen LogP contribution in [0.4, 0.5) is 5.88 Å². The Morgan fingerprint density at radius 1 is 1.20 bits per heavy atom. The van der Waals surface area contributed by atoms with Gasteiger partial charge in [-0.05, 0) is 18.1 Å². The number of hydrogen-bond acceptors (Lipinski definition) is 5. The second-order valence-electron chi connectivity index (χ2n) is 6.13. The van der Waals surface area contributed by atoms with Crippen molar-refractivity contribution in [2.24, 2.45) is 11.7 Å². The fourth-order valence-corrected chi connectivity index (χ4v) is 2.53. The molecular formula is C18H18N4O3. The summed E-state index contributed by atoms with van der Waals surface area (Å²) in [5.74, 6) is -0.901. The number of nitrogens with two attached hydrogens (primary N) is 1. The van der Waals surface area contributed by atoms with Gasteiger partial charge in [-0.15, -0.1) is 0 Å². The Balaban J connectivity index is 2.01. The van der Waals surface area contributed by atoms with E-state index in [1.807, 2.05) is 44.2 Å². The smallest absolute Gasteiger partial charge is 0.256 e. The highest BCUT2D eigenvalue weighted by molar-refractivity contribution is 6.05. The molecule has 2 aromatic heterocycles. The molecule has 0 aliphatic carbocycles. The number of hydrogen-bond donors (Lipinski definition) is 2. The molecule has 3 N–H and O–H groups in total. The van der Waals surface area contributed by atoms with Gasteiger partial charge in [0.05, 0.1) is 11.2 Å². The van der Waals surface area contributed by atoms with Gasteiger partial charge in [-0.3, -0.25) is 14.9 Å². The number of aromatic nitrogens is 2. The third kappa shape index (κ3) is 3.50. The summed E-state index contributed by atoms with van der Waals surface area (Å²) in [6, 6.07) is 11.2. The minimum absolute atomic E-state index is 0.0138. The maximum Gasteiger partial charge on any atom is 0.256 e. The van der Waals surface area contributed by atoms with Crippen LogP contribution in [0.1, 0.15) is 30.6 Å². The van der Waals surface area contributed by atoms with Gasteiger partial charge in [0.1, 0.15) is 11.3 Å². The van der Waals surface area contributed by atoms with E-state index in [1.165, 1.54) is 0 Å². The largest absolute Gasteiger partial charge is 0.365 e. The molecule has 0 aliphatic rings. The average molecular weight is 338 g/mol. The van der Waals surface area contributed by atoms with E-state index in [4.69, 9.17) is 10.3 Å². The van der Waals surface area contributed by atoms with Crippen LogP contribution in [0.25, 0.3) is 22.3 Å². The number of nitrogens with zero attached hydrogens (tertiary/aromatic N) is 2. The van der Waals surface area contributed by atoms with Crippen molar-refractivity contribution in [3.05, 3.63) is 42.0 Å². The highest BCUT2D eigenvalue weighted by atomic mass is 16.5. The van der Waals surface area contributed by atoms with Crippen molar-refractivity contribution in [2.45, 2.75) is 20.3 Å². The Bertz CT molecular complexity index is 946. The summed E-state index contributed by atoms with van der Waals surface area (Å²) in [7, 11) is 0. The van der Waals surface area contributed by atoms with E-state index >= 15 is 0 Å². The number of amides is 2. The number of benzene rings is 1. The Morgan fingerprint density at radius 3 is 2.68 bits per heavy atom. The molecule has 0 radical (unpaired) electrons. The van der Waals surface area contributed by atoms with Crippen LogP contribution in [-0.2, 0) is 4.79 Å². The van der Waals surface area contributed by atoms with Gasteiger partial charge in [-0.25, -0.2) is 4.98 Å². The van der Waals surface area contributed by atoms with E-state index in [0.717, 1.165) is 10.9 Å².